The number of hydroxylamine groups is 1. The third kappa shape index (κ3) is 5.15. The fraction of sp³-hybridized carbons (Fsp3) is 0.333. The molecule has 0 saturated carbocycles. The highest BCUT2D eigenvalue weighted by atomic mass is 35.5. The van der Waals surface area contributed by atoms with E-state index < -0.39 is 11.7 Å². The summed E-state index contributed by atoms with van der Waals surface area (Å²) >= 11 is 6.43. The predicted molar refractivity (Wildman–Crippen MR) is 157 cm³/mol. The van der Waals surface area contributed by atoms with Crippen LogP contribution in [0.15, 0.2) is 42.5 Å². The lowest BCUT2D eigenvalue weighted by atomic mass is 9.95. The SMILES string of the molecule is COc1cc2cc(C(=O)N3C[C@@H](CCl)c4c3cc(ONC(=O)OC(C)(C)C)c3ccccc43)[nH]c2c(OC)c1OC. The van der Waals surface area contributed by atoms with Crippen molar-refractivity contribution in [3.8, 4) is 23.0 Å². The van der Waals surface area contributed by atoms with Crippen LogP contribution < -0.4 is 29.4 Å². The molecule has 0 saturated heterocycles. The lowest BCUT2D eigenvalue weighted by molar-refractivity contribution is 0.0290. The Balaban J connectivity index is 1.57. The second-order valence-electron chi connectivity index (χ2n) is 10.6. The number of alkyl halides is 1. The molecule has 2 N–H and O–H groups in total. The molecule has 4 aromatic rings. The molecule has 41 heavy (non-hydrogen) atoms. The maximum Gasteiger partial charge on any atom is 0.441 e. The van der Waals surface area contributed by atoms with Gasteiger partial charge in [0.1, 0.15) is 11.3 Å². The lowest BCUT2D eigenvalue weighted by Crippen LogP contribution is -2.34. The number of anilines is 1. The maximum atomic E-state index is 14.0. The van der Waals surface area contributed by atoms with Crippen molar-refractivity contribution in [2.24, 2.45) is 0 Å². The largest absolute Gasteiger partial charge is 0.493 e. The Kier molecular flexibility index (Phi) is 7.52. The van der Waals surface area contributed by atoms with Gasteiger partial charge in [0.2, 0.25) is 5.75 Å². The van der Waals surface area contributed by atoms with E-state index in [4.69, 9.17) is 35.4 Å². The molecule has 0 spiro atoms. The molecule has 0 bridgehead atoms. The summed E-state index contributed by atoms with van der Waals surface area (Å²) in [5.41, 5.74) is 4.19. The van der Waals surface area contributed by atoms with Gasteiger partial charge < -0.3 is 33.7 Å². The molecule has 216 valence electrons. The number of hydrogen-bond acceptors (Lipinski definition) is 7. The van der Waals surface area contributed by atoms with E-state index in [0.29, 0.717) is 52.3 Å². The van der Waals surface area contributed by atoms with Gasteiger partial charge in [0, 0.05) is 35.2 Å². The number of benzene rings is 3. The van der Waals surface area contributed by atoms with Crippen molar-refractivity contribution in [1.82, 2.24) is 10.5 Å². The topological polar surface area (TPSA) is 111 Å². The molecule has 0 radical (unpaired) electrons. The van der Waals surface area contributed by atoms with E-state index in [9.17, 15) is 9.59 Å². The Hall–Kier alpha value is -4.31. The van der Waals surface area contributed by atoms with Gasteiger partial charge in [-0.15, -0.1) is 11.6 Å². The molecule has 0 fully saturated rings. The molecule has 0 aliphatic carbocycles. The van der Waals surface area contributed by atoms with Crippen molar-refractivity contribution in [2.45, 2.75) is 32.3 Å². The Labute approximate surface area is 242 Å². The molecule has 0 unspecified atom stereocenters. The number of methoxy groups -OCH3 is 3. The van der Waals surface area contributed by atoms with Crippen LogP contribution in [0.3, 0.4) is 0 Å². The van der Waals surface area contributed by atoms with Gasteiger partial charge in [0.05, 0.1) is 32.5 Å². The van der Waals surface area contributed by atoms with Crippen LogP contribution in [0.25, 0.3) is 21.7 Å². The van der Waals surface area contributed by atoms with Crippen LogP contribution in [0.5, 0.6) is 23.0 Å². The Morgan fingerprint density at radius 2 is 1.71 bits per heavy atom. The first kappa shape index (κ1) is 28.2. The number of amides is 2. The van der Waals surface area contributed by atoms with Gasteiger partial charge in [-0.2, -0.15) is 5.48 Å². The summed E-state index contributed by atoms with van der Waals surface area (Å²) in [5.74, 6) is 1.62. The maximum absolute atomic E-state index is 14.0. The highest BCUT2D eigenvalue weighted by Crippen LogP contribution is 2.47. The molecule has 10 nitrogen and oxygen atoms in total. The normalized spacial score (nSPS) is 14.6. The number of nitrogens with one attached hydrogen (secondary N) is 2. The minimum absolute atomic E-state index is 0.118. The average molecular weight is 582 g/mol. The van der Waals surface area contributed by atoms with Crippen molar-refractivity contribution in [3.63, 3.8) is 0 Å². The first-order valence-corrected chi connectivity index (χ1v) is 13.5. The van der Waals surface area contributed by atoms with Gasteiger partial charge in [-0.05, 0) is 43.9 Å². The molecule has 2 heterocycles. The summed E-state index contributed by atoms with van der Waals surface area (Å²) < 4.78 is 21.9. The summed E-state index contributed by atoms with van der Waals surface area (Å²) in [6.07, 6.45) is -0.730. The lowest BCUT2D eigenvalue weighted by Gasteiger charge is -2.21. The number of ether oxygens (including phenoxy) is 4. The number of hydrogen-bond donors (Lipinski definition) is 2. The number of carbonyl (C=O) groups is 2. The van der Waals surface area contributed by atoms with Crippen LogP contribution in [0.2, 0.25) is 0 Å². The quantitative estimate of drug-likeness (QED) is 0.199. The average Bonchev–Trinajstić information content (AvgIpc) is 3.55. The minimum Gasteiger partial charge on any atom is -0.493 e. The summed E-state index contributed by atoms with van der Waals surface area (Å²) in [6, 6.07) is 12.9. The molecule has 1 atom stereocenters. The van der Waals surface area contributed by atoms with E-state index in [1.807, 2.05) is 24.3 Å². The first-order valence-electron chi connectivity index (χ1n) is 13.0. The zero-order valence-corrected chi connectivity index (χ0v) is 24.5. The molecule has 2 amide bonds. The molecular weight excluding hydrogens is 550 g/mol. The van der Waals surface area contributed by atoms with Gasteiger partial charge >= 0.3 is 6.09 Å². The standard InChI is InChI=1S/C30H32ClN3O7/c1-30(2,3)40-29(36)33-41-22-13-21-24(19-10-8-7-9-18(19)22)17(14-31)15-34(21)28(35)20-11-16-12-23(37-4)26(38-5)27(39-6)25(16)32-20/h7-13,17,32H,14-15H2,1-6H3,(H,33,36)/t17-/m1/s1. The summed E-state index contributed by atoms with van der Waals surface area (Å²) in [7, 11) is 4.59. The van der Waals surface area contributed by atoms with Crippen LogP contribution >= 0.6 is 11.6 Å². The zero-order valence-electron chi connectivity index (χ0n) is 23.7. The summed E-state index contributed by atoms with van der Waals surface area (Å²) in [6.45, 7) is 5.65. The first-order chi connectivity index (χ1) is 19.6. The number of carbonyl (C=O) groups excluding carboxylic acids is 2. The molecule has 1 aromatic heterocycles. The number of rotatable bonds is 7. The van der Waals surface area contributed by atoms with Crippen molar-refractivity contribution in [1.29, 1.82) is 0 Å². The van der Waals surface area contributed by atoms with Crippen molar-refractivity contribution < 1.29 is 33.4 Å². The van der Waals surface area contributed by atoms with E-state index in [0.717, 1.165) is 21.7 Å². The number of fused-ring (bicyclic) bond motifs is 4. The van der Waals surface area contributed by atoms with E-state index in [2.05, 4.69) is 10.5 Å². The third-order valence-corrected chi connectivity index (χ3v) is 7.23. The second kappa shape index (κ2) is 10.9. The van der Waals surface area contributed by atoms with Gasteiger partial charge in [-0.1, -0.05) is 24.3 Å². The fourth-order valence-electron chi connectivity index (χ4n) is 5.22. The minimum atomic E-state index is -0.730. The van der Waals surface area contributed by atoms with Crippen LogP contribution in [0.4, 0.5) is 10.5 Å². The monoisotopic (exact) mass is 581 g/mol. The Morgan fingerprint density at radius 1 is 1.00 bits per heavy atom. The number of nitrogens with zero attached hydrogens (tertiary/aromatic N) is 1. The molecular formula is C30H32ClN3O7. The van der Waals surface area contributed by atoms with Crippen LogP contribution in [-0.4, -0.2) is 56.3 Å². The molecule has 11 heteroatoms. The van der Waals surface area contributed by atoms with Crippen LogP contribution in [0, 0.1) is 0 Å². The zero-order chi connectivity index (χ0) is 29.5. The third-order valence-electron chi connectivity index (χ3n) is 6.85. The van der Waals surface area contributed by atoms with E-state index >= 15 is 0 Å². The molecule has 1 aliphatic heterocycles. The number of halogens is 1. The smallest absolute Gasteiger partial charge is 0.441 e. The van der Waals surface area contributed by atoms with Gasteiger partial charge in [-0.25, -0.2) is 4.79 Å². The highest BCUT2D eigenvalue weighted by Gasteiger charge is 2.36. The Bertz CT molecular complexity index is 1640. The molecule has 1 aliphatic rings. The predicted octanol–water partition coefficient (Wildman–Crippen LogP) is 6.15. The van der Waals surface area contributed by atoms with Crippen LogP contribution in [0.1, 0.15) is 42.7 Å². The molecule has 3 aromatic carbocycles. The van der Waals surface area contributed by atoms with E-state index in [-0.39, 0.29) is 11.8 Å². The van der Waals surface area contributed by atoms with E-state index in [1.165, 1.54) is 21.3 Å². The summed E-state index contributed by atoms with van der Waals surface area (Å²) in [4.78, 5) is 37.0. The van der Waals surface area contributed by atoms with Gasteiger partial charge in [0.15, 0.2) is 17.2 Å². The number of aromatic nitrogens is 1. The Morgan fingerprint density at radius 3 is 2.34 bits per heavy atom. The fourth-order valence-corrected chi connectivity index (χ4v) is 5.47. The summed E-state index contributed by atoms with van der Waals surface area (Å²) in [5, 5.41) is 2.36. The van der Waals surface area contributed by atoms with Crippen molar-refractivity contribution in [3.05, 3.63) is 53.7 Å². The highest BCUT2D eigenvalue weighted by molar-refractivity contribution is 6.19. The van der Waals surface area contributed by atoms with E-state index in [1.54, 1.807) is 43.9 Å². The molecule has 5 rings (SSSR count). The number of H-pyrrole nitrogens is 1. The van der Waals surface area contributed by atoms with Crippen molar-refractivity contribution in [2.75, 3.05) is 38.7 Å². The second-order valence-corrected chi connectivity index (χ2v) is 10.9. The van der Waals surface area contributed by atoms with Crippen LogP contribution in [-0.2, 0) is 4.74 Å². The van der Waals surface area contributed by atoms with Gasteiger partial charge in [0.25, 0.3) is 5.91 Å². The van der Waals surface area contributed by atoms with Crippen molar-refractivity contribution >= 4 is 51.0 Å². The van der Waals surface area contributed by atoms with Gasteiger partial charge in [-0.3, -0.25) is 4.79 Å². The number of aromatic amines is 1.